The van der Waals surface area contributed by atoms with Gasteiger partial charge in [0.15, 0.2) is 0 Å². The number of hydrogen-bond donors (Lipinski definition) is 1. The SMILES string of the molecule is C=C(Br)COc1c(C)cc(Br)cc1CNCCOC. The Kier molecular flexibility index (Phi) is 7.68. The summed E-state index contributed by atoms with van der Waals surface area (Å²) >= 11 is 6.82. The molecule has 0 saturated heterocycles. The van der Waals surface area contributed by atoms with E-state index in [2.05, 4.69) is 49.8 Å². The van der Waals surface area contributed by atoms with E-state index in [4.69, 9.17) is 9.47 Å². The van der Waals surface area contributed by atoms with E-state index in [1.807, 2.05) is 13.0 Å². The smallest absolute Gasteiger partial charge is 0.127 e. The maximum Gasteiger partial charge on any atom is 0.127 e. The number of nitrogens with one attached hydrogen (secondary N) is 1. The van der Waals surface area contributed by atoms with Crippen LogP contribution >= 0.6 is 31.9 Å². The lowest BCUT2D eigenvalue weighted by Gasteiger charge is -2.15. The molecule has 0 spiro atoms. The molecule has 0 saturated carbocycles. The van der Waals surface area contributed by atoms with Gasteiger partial charge >= 0.3 is 0 Å². The second-order valence-electron chi connectivity index (χ2n) is 4.19. The van der Waals surface area contributed by atoms with E-state index in [0.29, 0.717) is 13.2 Å². The van der Waals surface area contributed by atoms with Gasteiger partial charge in [-0.25, -0.2) is 0 Å². The van der Waals surface area contributed by atoms with Crippen molar-refractivity contribution >= 4 is 31.9 Å². The molecule has 0 aliphatic carbocycles. The molecule has 1 aromatic carbocycles. The van der Waals surface area contributed by atoms with Gasteiger partial charge in [0.2, 0.25) is 0 Å². The Morgan fingerprint density at radius 3 is 2.79 bits per heavy atom. The summed E-state index contributed by atoms with van der Waals surface area (Å²) in [5.74, 6) is 0.911. The summed E-state index contributed by atoms with van der Waals surface area (Å²) in [6.45, 7) is 8.54. The summed E-state index contributed by atoms with van der Waals surface area (Å²) in [6, 6.07) is 4.12. The zero-order chi connectivity index (χ0) is 14.3. The molecule has 0 aromatic heterocycles. The van der Waals surface area contributed by atoms with Gasteiger partial charge in [0, 0.05) is 34.7 Å². The number of halogens is 2. The molecule has 0 bridgehead atoms. The van der Waals surface area contributed by atoms with Gasteiger partial charge in [-0.2, -0.15) is 0 Å². The van der Waals surface area contributed by atoms with Gasteiger partial charge in [0.25, 0.3) is 0 Å². The quantitative estimate of drug-likeness (QED) is 0.683. The summed E-state index contributed by atoms with van der Waals surface area (Å²) in [6.07, 6.45) is 0. The predicted octanol–water partition coefficient (Wildman–Crippen LogP) is 3.78. The lowest BCUT2D eigenvalue weighted by atomic mass is 10.1. The topological polar surface area (TPSA) is 30.5 Å². The highest BCUT2D eigenvalue weighted by Crippen LogP contribution is 2.28. The number of benzene rings is 1. The molecule has 1 aromatic rings. The fourth-order valence-corrected chi connectivity index (χ4v) is 2.42. The van der Waals surface area contributed by atoms with Crippen molar-refractivity contribution in [2.24, 2.45) is 0 Å². The van der Waals surface area contributed by atoms with Gasteiger partial charge in [-0.3, -0.25) is 0 Å². The molecule has 0 aliphatic rings. The highest BCUT2D eigenvalue weighted by atomic mass is 79.9. The van der Waals surface area contributed by atoms with E-state index in [-0.39, 0.29) is 0 Å². The molecular formula is C14H19Br2NO2. The average Bonchev–Trinajstić information content (AvgIpc) is 2.33. The van der Waals surface area contributed by atoms with Crippen LogP contribution in [-0.4, -0.2) is 26.9 Å². The first-order valence-corrected chi connectivity index (χ1v) is 7.58. The van der Waals surface area contributed by atoms with E-state index in [1.165, 1.54) is 0 Å². The molecule has 0 heterocycles. The van der Waals surface area contributed by atoms with Crippen molar-refractivity contribution < 1.29 is 9.47 Å². The Balaban J connectivity index is 2.77. The van der Waals surface area contributed by atoms with Gasteiger partial charge < -0.3 is 14.8 Å². The number of methoxy groups -OCH3 is 1. The Labute approximate surface area is 131 Å². The first-order valence-electron chi connectivity index (χ1n) is 5.99. The molecular weight excluding hydrogens is 374 g/mol. The average molecular weight is 393 g/mol. The van der Waals surface area contributed by atoms with Crippen LogP contribution in [0.4, 0.5) is 0 Å². The minimum absolute atomic E-state index is 0.466. The van der Waals surface area contributed by atoms with Crippen LogP contribution in [0.15, 0.2) is 27.7 Å². The highest BCUT2D eigenvalue weighted by molar-refractivity contribution is 9.11. The lowest BCUT2D eigenvalue weighted by molar-refractivity contribution is 0.199. The van der Waals surface area contributed by atoms with Crippen LogP contribution in [0.25, 0.3) is 0 Å². The number of rotatable bonds is 8. The van der Waals surface area contributed by atoms with Crippen molar-refractivity contribution in [3.05, 3.63) is 38.8 Å². The third-order valence-corrected chi connectivity index (χ3v) is 3.17. The Morgan fingerprint density at radius 2 is 2.16 bits per heavy atom. The number of ether oxygens (including phenoxy) is 2. The summed E-state index contributed by atoms with van der Waals surface area (Å²) in [5.41, 5.74) is 2.23. The maximum absolute atomic E-state index is 5.80. The first kappa shape index (κ1) is 16.7. The molecule has 1 rings (SSSR count). The molecule has 106 valence electrons. The Bertz CT molecular complexity index is 436. The Hall–Kier alpha value is -0.360. The van der Waals surface area contributed by atoms with Crippen molar-refractivity contribution in [3.8, 4) is 5.75 Å². The van der Waals surface area contributed by atoms with Gasteiger partial charge in [-0.15, -0.1) is 0 Å². The van der Waals surface area contributed by atoms with Crippen molar-refractivity contribution in [1.82, 2.24) is 5.32 Å². The van der Waals surface area contributed by atoms with Crippen LogP contribution in [0.1, 0.15) is 11.1 Å². The van der Waals surface area contributed by atoms with Crippen molar-refractivity contribution in [2.45, 2.75) is 13.5 Å². The highest BCUT2D eigenvalue weighted by Gasteiger charge is 2.09. The minimum Gasteiger partial charge on any atom is -0.488 e. The first-order chi connectivity index (χ1) is 9.04. The van der Waals surface area contributed by atoms with Crippen molar-refractivity contribution in [2.75, 3.05) is 26.9 Å². The van der Waals surface area contributed by atoms with E-state index in [9.17, 15) is 0 Å². The monoisotopic (exact) mass is 391 g/mol. The molecule has 0 fully saturated rings. The van der Waals surface area contributed by atoms with Crippen LogP contribution in [0, 0.1) is 6.92 Å². The van der Waals surface area contributed by atoms with E-state index in [0.717, 1.165) is 38.9 Å². The largest absolute Gasteiger partial charge is 0.488 e. The van der Waals surface area contributed by atoms with Gasteiger partial charge in [0.1, 0.15) is 12.4 Å². The van der Waals surface area contributed by atoms with Gasteiger partial charge in [-0.05, 0) is 24.6 Å². The number of hydrogen-bond acceptors (Lipinski definition) is 3. The third kappa shape index (κ3) is 6.08. The standard InChI is InChI=1S/C14H19Br2NO2/c1-10-6-13(16)7-12(8-17-4-5-18-3)14(10)19-9-11(2)15/h6-7,17H,2,4-5,8-9H2,1,3H3. The molecule has 5 heteroatoms. The summed E-state index contributed by atoms with van der Waals surface area (Å²) < 4.78 is 12.7. The molecule has 0 aliphatic heterocycles. The number of aryl methyl sites for hydroxylation is 1. The molecule has 19 heavy (non-hydrogen) atoms. The van der Waals surface area contributed by atoms with Gasteiger partial charge in [-0.1, -0.05) is 38.4 Å². The zero-order valence-electron chi connectivity index (χ0n) is 11.3. The van der Waals surface area contributed by atoms with Crippen LogP contribution in [-0.2, 0) is 11.3 Å². The molecule has 0 radical (unpaired) electrons. The summed E-state index contributed by atoms with van der Waals surface area (Å²) in [7, 11) is 1.70. The van der Waals surface area contributed by atoms with Crippen LogP contribution < -0.4 is 10.1 Å². The second-order valence-corrected chi connectivity index (χ2v) is 6.22. The molecule has 0 unspecified atom stereocenters. The fourth-order valence-electron chi connectivity index (χ4n) is 1.68. The van der Waals surface area contributed by atoms with Crippen LogP contribution in [0.2, 0.25) is 0 Å². The van der Waals surface area contributed by atoms with Gasteiger partial charge in [0.05, 0.1) is 6.61 Å². The van der Waals surface area contributed by atoms with Crippen molar-refractivity contribution in [1.29, 1.82) is 0 Å². The van der Waals surface area contributed by atoms with Crippen LogP contribution in [0.3, 0.4) is 0 Å². The van der Waals surface area contributed by atoms with Crippen LogP contribution in [0.5, 0.6) is 5.75 Å². The summed E-state index contributed by atoms with van der Waals surface area (Å²) in [4.78, 5) is 0. The van der Waals surface area contributed by atoms with E-state index < -0.39 is 0 Å². The molecule has 0 amide bonds. The Morgan fingerprint density at radius 1 is 1.42 bits per heavy atom. The van der Waals surface area contributed by atoms with E-state index >= 15 is 0 Å². The molecule has 1 N–H and O–H groups in total. The molecule has 0 atom stereocenters. The molecule has 3 nitrogen and oxygen atoms in total. The predicted molar refractivity (Wildman–Crippen MR) is 86.0 cm³/mol. The summed E-state index contributed by atoms with van der Waals surface area (Å²) in [5, 5.41) is 3.33. The lowest BCUT2D eigenvalue weighted by Crippen LogP contribution is -2.19. The minimum atomic E-state index is 0.466. The fraction of sp³-hybridized carbons (Fsp3) is 0.429. The second kappa shape index (κ2) is 8.74. The third-order valence-electron chi connectivity index (χ3n) is 2.49. The van der Waals surface area contributed by atoms with Crippen molar-refractivity contribution in [3.63, 3.8) is 0 Å². The van der Waals surface area contributed by atoms with E-state index in [1.54, 1.807) is 7.11 Å². The zero-order valence-corrected chi connectivity index (χ0v) is 14.4. The normalized spacial score (nSPS) is 10.5. The maximum atomic E-state index is 5.80.